The standard InChI is InChI=1S/C29H44O9/c1-27-8-5-17(37-26-25(34)24(33)23(32)21(13-30)38-26)12-16(27)3-4-20-19(27)6-9-28(2)18(7-10-29(20,28)35)15-11-22(31)36-14-15/h11,16-21,23-26,30,32-35H,3-10,12-14H2,1-2H3/t16-,17+,18-,19+,20-,21-,23+,24+,25-,26-,27+,28-,29+/m1/s1. The van der Waals surface area contributed by atoms with Crippen molar-refractivity contribution in [3.8, 4) is 0 Å². The Morgan fingerprint density at radius 1 is 0.974 bits per heavy atom. The molecule has 0 radical (unpaired) electrons. The third-order valence-electron chi connectivity index (χ3n) is 12.1. The second-order valence-electron chi connectivity index (χ2n) is 13.5. The number of hydrogen-bond donors (Lipinski definition) is 5. The van der Waals surface area contributed by atoms with Gasteiger partial charge in [0.15, 0.2) is 6.29 Å². The van der Waals surface area contributed by atoms with Gasteiger partial charge in [-0.15, -0.1) is 0 Å². The van der Waals surface area contributed by atoms with Crippen LogP contribution in [-0.2, 0) is 19.0 Å². The van der Waals surface area contributed by atoms with Crippen LogP contribution in [0.2, 0.25) is 0 Å². The minimum Gasteiger partial charge on any atom is -0.458 e. The van der Waals surface area contributed by atoms with E-state index in [1.54, 1.807) is 6.08 Å². The predicted molar refractivity (Wildman–Crippen MR) is 134 cm³/mol. The number of carbonyl (C=O) groups excluding carboxylic acids is 1. The predicted octanol–water partition coefficient (Wildman–Crippen LogP) is 1.43. The van der Waals surface area contributed by atoms with E-state index < -0.39 is 42.9 Å². The number of aliphatic hydroxyl groups is 5. The lowest BCUT2D eigenvalue weighted by Crippen LogP contribution is -2.63. The van der Waals surface area contributed by atoms with Gasteiger partial charge in [0.1, 0.15) is 31.0 Å². The van der Waals surface area contributed by atoms with Crippen LogP contribution in [0.15, 0.2) is 11.6 Å². The average molecular weight is 537 g/mol. The molecule has 9 heteroatoms. The van der Waals surface area contributed by atoms with Crippen LogP contribution in [0.4, 0.5) is 0 Å². The minimum absolute atomic E-state index is 0.0823. The van der Waals surface area contributed by atoms with E-state index in [-0.39, 0.29) is 34.7 Å². The fraction of sp³-hybridized carbons (Fsp3) is 0.897. The molecule has 4 aliphatic carbocycles. The van der Waals surface area contributed by atoms with Crippen molar-refractivity contribution in [3.63, 3.8) is 0 Å². The van der Waals surface area contributed by atoms with Crippen LogP contribution in [0.5, 0.6) is 0 Å². The summed E-state index contributed by atoms with van der Waals surface area (Å²) in [5.41, 5.74) is 0.141. The third-order valence-corrected chi connectivity index (χ3v) is 12.1. The maximum atomic E-state index is 12.4. The van der Waals surface area contributed by atoms with E-state index in [4.69, 9.17) is 14.2 Å². The first kappa shape index (κ1) is 27.1. The molecule has 6 aliphatic rings. The first-order valence-corrected chi connectivity index (χ1v) is 14.6. The summed E-state index contributed by atoms with van der Waals surface area (Å²) in [5, 5.41) is 52.6. The van der Waals surface area contributed by atoms with E-state index in [9.17, 15) is 30.3 Å². The van der Waals surface area contributed by atoms with Gasteiger partial charge in [-0.3, -0.25) is 0 Å². The van der Waals surface area contributed by atoms with Gasteiger partial charge in [0.25, 0.3) is 0 Å². The summed E-state index contributed by atoms with van der Waals surface area (Å²) in [6.07, 6.45) is 3.41. The number of aliphatic hydroxyl groups excluding tert-OH is 4. The Morgan fingerprint density at radius 3 is 2.47 bits per heavy atom. The minimum atomic E-state index is -1.44. The van der Waals surface area contributed by atoms with Crippen LogP contribution < -0.4 is 0 Å². The van der Waals surface area contributed by atoms with Crippen molar-refractivity contribution in [2.24, 2.45) is 34.5 Å². The second-order valence-corrected chi connectivity index (χ2v) is 13.5. The van der Waals surface area contributed by atoms with Crippen LogP contribution >= 0.6 is 0 Å². The Hall–Kier alpha value is -1.07. The molecule has 0 bridgehead atoms. The summed E-state index contributed by atoms with van der Waals surface area (Å²) in [4.78, 5) is 11.8. The Labute approximate surface area is 224 Å². The highest BCUT2D eigenvalue weighted by molar-refractivity contribution is 5.85. The zero-order chi connectivity index (χ0) is 27.0. The topological polar surface area (TPSA) is 146 Å². The Bertz CT molecular complexity index is 968. The average Bonchev–Trinajstić information content (AvgIpc) is 3.44. The van der Waals surface area contributed by atoms with E-state index in [1.807, 2.05) is 0 Å². The van der Waals surface area contributed by atoms with Gasteiger partial charge in [-0.05, 0) is 92.4 Å². The molecule has 38 heavy (non-hydrogen) atoms. The number of rotatable bonds is 4. The van der Waals surface area contributed by atoms with Crippen LogP contribution in [0, 0.1) is 34.5 Å². The monoisotopic (exact) mass is 536 g/mol. The Balaban J connectivity index is 1.15. The summed E-state index contributed by atoms with van der Waals surface area (Å²) < 4.78 is 17.0. The fourth-order valence-corrected chi connectivity index (χ4v) is 9.86. The quantitative estimate of drug-likeness (QED) is 0.266. The Morgan fingerprint density at radius 2 is 1.76 bits per heavy atom. The summed E-state index contributed by atoms with van der Waals surface area (Å²) in [6, 6.07) is 0. The lowest BCUT2D eigenvalue weighted by atomic mass is 9.43. The van der Waals surface area contributed by atoms with Crippen LogP contribution in [0.1, 0.15) is 71.6 Å². The fourth-order valence-electron chi connectivity index (χ4n) is 9.86. The van der Waals surface area contributed by atoms with Gasteiger partial charge in [0, 0.05) is 11.5 Å². The molecular weight excluding hydrogens is 492 g/mol. The maximum absolute atomic E-state index is 12.4. The molecular formula is C29H44O9. The van der Waals surface area contributed by atoms with E-state index in [2.05, 4.69) is 13.8 Å². The number of esters is 1. The zero-order valence-corrected chi connectivity index (χ0v) is 22.5. The number of ether oxygens (including phenoxy) is 3. The summed E-state index contributed by atoms with van der Waals surface area (Å²) in [5.74, 6) is 0.994. The van der Waals surface area contributed by atoms with Gasteiger partial charge >= 0.3 is 5.97 Å². The van der Waals surface area contributed by atoms with Crippen molar-refractivity contribution in [2.75, 3.05) is 13.2 Å². The normalized spacial score (nSPS) is 54.5. The Kier molecular flexibility index (Phi) is 6.78. The molecule has 0 aromatic carbocycles. The summed E-state index contributed by atoms with van der Waals surface area (Å²) in [7, 11) is 0. The van der Waals surface area contributed by atoms with Crippen LogP contribution in [0.3, 0.4) is 0 Å². The van der Waals surface area contributed by atoms with Crippen molar-refractivity contribution in [1.82, 2.24) is 0 Å². The van der Waals surface area contributed by atoms with Gasteiger partial charge in [0.2, 0.25) is 0 Å². The molecule has 0 aromatic rings. The smallest absolute Gasteiger partial charge is 0.331 e. The van der Waals surface area contributed by atoms with E-state index in [1.165, 1.54) is 0 Å². The highest BCUT2D eigenvalue weighted by Gasteiger charge is 2.67. The first-order chi connectivity index (χ1) is 18.0. The summed E-state index contributed by atoms with van der Waals surface area (Å²) >= 11 is 0. The highest BCUT2D eigenvalue weighted by atomic mass is 16.7. The summed E-state index contributed by atoms with van der Waals surface area (Å²) in [6.45, 7) is 4.52. The SMILES string of the molecule is C[C@]12CC[C@H](O[C@@H]3O[C@H](CO)[C@H](O)[C@H](O)[C@H]3O)C[C@H]1CC[C@@H]1[C@@H]2CC[C@]2(C)[C@@H](C3=CC(=O)OC3)CC[C@]12O. The van der Waals surface area contributed by atoms with Crippen molar-refractivity contribution in [2.45, 2.75) is 114 Å². The number of cyclic esters (lactones) is 1. The molecule has 214 valence electrons. The van der Waals surface area contributed by atoms with Crippen LogP contribution in [-0.4, -0.2) is 87.1 Å². The van der Waals surface area contributed by atoms with E-state index in [0.717, 1.165) is 63.4 Å². The van der Waals surface area contributed by atoms with E-state index >= 15 is 0 Å². The van der Waals surface area contributed by atoms with Crippen molar-refractivity contribution < 1.29 is 44.5 Å². The third kappa shape index (κ3) is 3.87. The lowest BCUT2D eigenvalue weighted by Gasteiger charge is -2.64. The number of hydrogen-bond acceptors (Lipinski definition) is 9. The van der Waals surface area contributed by atoms with Gasteiger partial charge in [-0.1, -0.05) is 13.8 Å². The molecule has 5 fully saturated rings. The molecule has 0 amide bonds. The molecule has 1 saturated heterocycles. The van der Waals surface area contributed by atoms with Crippen molar-refractivity contribution in [1.29, 1.82) is 0 Å². The van der Waals surface area contributed by atoms with Crippen molar-refractivity contribution in [3.05, 3.63) is 11.6 Å². The molecule has 0 spiro atoms. The molecule has 2 heterocycles. The molecule has 13 atom stereocenters. The van der Waals surface area contributed by atoms with Gasteiger partial charge in [-0.2, -0.15) is 0 Å². The number of fused-ring (bicyclic) bond motifs is 5. The molecule has 5 N–H and O–H groups in total. The van der Waals surface area contributed by atoms with Gasteiger partial charge < -0.3 is 39.7 Å². The molecule has 4 saturated carbocycles. The molecule has 0 unspecified atom stereocenters. The van der Waals surface area contributed by atoms with Gasteiger partial charge in [0.05, 0.1) is 18.3 Å². The zero-order valence-electron chi connectivity index (χ0n) is 22.5. The lowest BCUT2D eigenvalue weighted by molar-refractivity contribution is -0.317. The van der Waals surface area contributed by atoms with Crippen molar-refractivity contribution >= 4 is 5.97 Å². The second kappa shape index (κ2) is 9.50. The molecule has 6 rings (SSSR count). The van der Waals surface area contributed by atoms with E-state index in [0.29, 0.717) is 18.4 Å². The molecule has 2 aliphatic heterocycles. The molecule has 0 aromatic heterocycles. The largest absolute Gasteiger partial charge is 0.458 e. The highest BCUT2D eigenvalue weighted by Crippen LogP contribution is 2.70. The number of carbonyl (C=O) groups is 1. The van der Waals surface area contributed by atoms with Crippen LogP contribution in [0.25, 0.3) is 0 Å². The maximum Gasteiger partial charge on any atom is 0.331 e. The van der Waals surface area contributed by atoms with Gasteiger partial charge in [-0.25, -0.2) is 4.79 Å². The molecule has 9 nitrogen and oxygen atoms in total. The first-order valence-electron chi connectivity index (χ1n) is 14.6.